The molecule has 0 saturated carbocycles. The molecule has 0 saturated heterocycles. The van der Waals surface area contributed by atoms with E-state index in [2.05, 4.69) is 22.1 Å². The molecule has 0 aliphatic rings. The molecule has 1 radical (unpaired) electrons. The zero-order chi connectivity index (χ0) is 49.5. The fourth-order valence-corrected chi connectivity index (χ4v) is 7.58. The minimum absolute atomic E-state index is 0. The van der Waals surface area contributed by atoms with Crippen LogP contribution in [0.25, 0.3) is 87.7 Å². The average Bonchev–Trinajstić information content (AvgIpc) is 3.33. The number of ketones is 1. The first-order chi connectivity index (χ1) is 32.6. The number of aliphatic hydroxyl groups excluding tert-OH is 1. The molecule has 13 heteroatoms. The summed E-state index contributed by atoms with van der Waals surface area (Å²) in [5, 5.41) is 17.4. The summed E-state index contributed by atoms with van der Waals surface area (Å²) in [4.78, 5) is 30.2. The van der Waals surface area contributed by atoms with Gasteiger partial charge in [0.25, 0.3) is 0 Å². The second-order valence-corrected chi connectivity index (χ2v) is 18.5. The molecule has 0 unspecified atom stereocenters. The number of carbonyl (C=O) groups excluding carboxylic acids is 1. The molecule has 0 spiro atoms. The molecule has 0 fully saturated rings. The van der Waals surface area contributed by atoms with E-state index in [1.54, 1.807) is 12.4 Å². The number of carbonyl (C=O) groups is 1. The number of halogens is 6. The molecule has 0 atom stereocenters. The monoisotopic (exact) mass is 1120 g/mol. The number of hydrogen-bond donors (Lipinski definition) is 1. The standard InChI is InChI=1S/2C23H12F3N2.C11H20O2.Ir/c2*24-23(25,26)15-11-9-14(10-12-15)20-13-27-21-18-7-3-1-5-16(18)17-6-2-4-8-19(17)22(21)28-20;1-10(2,3)8(12)7-9(13)11(4,5)6;/h2*1-6,8-13H;7,12H,1-6H3;/q2*-1;;. The first-order valence-corrected chi connectivity index (χ1v) is 21.9. The van der Waals surface area contributed by atoms with Crippen molar-refractivity contribution in [3.05, 3.63) is 181 Å². The Hall–Kier alpha value is -7.08. The van der Waals surface area contributed by atoms with Gasteiger partial charge in [-0.05, 0) is 35.0 Å². The van der Waals surface area contributed by atoms with Crippen molar-refractivity contribution in [2.45, 2.75) is 53.9 Å². The van der Waals surface area contributed by atoms with Gasteiger partial charge in [-0.2, -0.15) is 26.3 Å². The van der Waals surface area contributed by atoms with Crippen molar-refractivity contribution in [3.8, 4) is 22.5 Å². The first kappa shape index (κ1) is 50.8. The number of rotatable bonds is 3. The quantitative estimate of drug-likeness (QED) is 0.0623. The van der Waals surface area contributed by atoms with Gasteiger partial charge in [0, 0.05) is 71.6 Å². The average molecular weight is 1120 g/mol. The van der Waals surface area contributed by atoms with Crippen LogP contribution in [0.2, 0.25) is 0 Å². The Morgan fingerprint density at radius 3 is 1.19 bits per heavy atom. The molecule has 10 rings (SSSR count). The number of allylic oxidation sites excluding steroid dienone is 2. The summed E-state index contributed by atoms with van der Waals surface area (Å²) in [5.74, 6) is 0.104. The maximum atomic E-state index is 12.8. The summed E-state index contributed by atoms with van der Waals surface area (Å²) >= 11 is 0. The molecule has 0 bridgehead atoms. The number of alkyl halides is 6. The van der Waals surface area contributed by atoms with Gasteiger partial charge >= 0.3 is 12.4 Å². The van der Waals surface area contributed by atoms with Gasteiger partial charge in [-0.3, -0.25) is 14.8 Å². The van der Waals surface area contributed by atoms with E-state index in [4.69, 9.17) is 9.97 Å². The maximum Gasteiger partial charge on any atom is 0.416 e. The summed E-state index contributed by atoms with van der Waals surface area (Å²) in [7, 11) is 0. The van der Waals surface area contributed by atoms with E-state index >= 15 is 0 Å². The zero-order valence-electron chi connectivity index (χ0n) is 38.7. The molecule has 2 heterocycles. The Morgan fingerprint density at radius 1 is 0.486 bits per heavy atom. The topological polar surface area (TPSA) is 88.9 Å². The fourth-order valence-electron chi connectivity index (χ4n) is 7.58. The van der Waals surface area contributed by atoms with E-state index in [-0.39, 0.29) is 37.1 Å². The van der Waals surface area contributed by atoms with Gasteiger partial charge in [-0.15, -0.1) is 59.3 Å². The number of fused-ring (bicyclic) bond motifs is 12. The van der Waals surface area contributed by atoms with Crippen molar-refractivity contribution in [1.29, 1.82) is 0 Å². The van der Waals surface area contributed by atoms with Gasteiger partial charge in [0.2, 0.25) is 0 Å². The van der Waals surface area contributed by atoms with Crippen molar-refractivity contribution in [2.24, 2.45) is 10.8 Å². The van der Waals surface area contributed by atoms with Crippen LogP contribution in [0.4, 0.5) is 26.3 Å². The molecule has 0 aliphatic heterocycles. The number of nitrogens with zero attached hydrogens (tertiary/aromatic N) is 4. The van der Waals surface area contributed by atoms with Crippen molar-refractivity contribution in [3.63, 3.8) is 0 Å². The van der Waals surface area contributed by atoms with Gasteiger partial charge in [-0.25, -0.2) is 0 Å². The van der Waals surface area contributed by atoms with Gasteiger partial charge in [0.05, 0.1) is 33.5 Å². The molecule has 0 aliphatic carbocycles. The van der Waals surface area contributed by atoms with Gasteiger partial charge < -0.3 is 15.1 Å². The van der Waals surface area contributed by atoms with Crippen LogP contribution in [0.3, 0.4) is 0 Å². The third-order valence-corrected chi connectivity index (χ3v) is 11.5. The Balaban J connectivity index is 0.000000165. The number of benzene rings is 8. The van der Waals surface area contributed by atoms with Gasteiger partial charge in [-0.1, -0.05) is 136 Å². The van der Waals surface area contributed by atoms with Crippen molar-refractivity contribution < 1.29 is 56.3 Å². The van der Waals surface area contributed by atoms with Crippen molar-refractivity contribution in [1.82, 2.24) is 19.9 Å². The predicted octanol–water partition coefficient (Wildman–Crippen LogP) is 15.9. The Labute approximate surface area is 413 Å². The van der Waals surface area contributed by atoms with Crippen LogP contribution in [0.1, 0.15) is 52.7 Å². The largest absolute Gasteiger partial charge is 0.512 e. The van der Waals surface area contributed by atoms with E-state index in [1.165, 1.54) is 30.3 Å². The minimum Gasteiger partial charge on any atom is -0.512 e. The molecule has 6 nitrogen and oxygen atoms in total. The summed E-state index contributed by atoms with van der Waals surface area (Å²) in [6, 6.07) is 43.8. The van der Waals surface area contributed by atoms with Crippen molar-refractivity contribution in [2.75, 3.05) is 0 Å². The third-order valence-electron chi connectivity index (χ3n) is 11.5. The SMILES string of the molecule is CC(C)(C)C(=O)C=C(O)C(C)(C)C.FC(F)(F)c1ccc(-c2cnc3c4[c-]cccc4c4ccccc4c3n2)cc1.FC(F)(F)c1ccc(-c2cnc3c4[c-]cccc4c4ccccc4c3n2)cc1.[Ir]. The number of aliphatic hydroxyl groups is 1. The molecule has 70 heavy (non-hydrogen) atoms. The third kappa shape index (κ3) is 10.7. The Morgan fingerprint density at radius 2 is 0.843 bits per heavy atom. The van der Waals surface area contributed by atoms with Crippen LogP contribution in [-0.2, 0) is 37.3 Å². The van der Waals surface area contributed by atoms with Crippen LogP contribution < -0.4 is 0 Å². The number of aromatic nitrogens is 4. The fraction of sp³-hybridized carbons (Fsp3) is 0.175. The molecule has 10 aromatic rings. The van der Waals surface area contributed by atoms with E-state index < -0.39 is 28.9 Å². The van der Waals surface area contributed by atoms with Gasteiger partial charge in [0.15, 0.2) is 5.78 Å². The second kappa shape index (κ2) is 19.7. The smallest absolute Gasteiger partial charge is 0.416 e. The minimum atomic E-state index is -4.36. The molecule has 8 aromatic carbocycles. The molecular weight excluding hydrogens is 1080 g/mol. The first-order valence-electron chi connectivity index (χ1n) is 21.9. The van der Waals surface area contributed by atoms with Crippen LogP contribution >= 0.6 is 0 Å². The van der Waals surface area contributed by atoms with Crippen molar-refractivity contribution >= 4 is 70.9 Å². The molecule has 357 valence electrons. The molecule has 1 N–H and O–H groups in total. The zero-order valence-corrected chi connectivity index (χ0v) is 41.1. The van der Waals surface area contributed by atoms with E-state index in [0.29, 0.717) is 33.5 Å². The summed E-state index contributed by atoms with van der Waals surface area (Å²) in [6.45, 7) is 11.1. The van der Waals surface area contributed by atoms with E-state index in [9.17, 15) is 36.2 Å². The number of hydrogen-bond acceptors (Lipinski definition) is 6. The van der Waals surface area contributed by atoms with Crippen LogP contribution in [0.5, 0.6) is 0 Å². The van der Waals surface area contributed by atoms with Gasteiger partial charge in [0.1, 0.15) is 5.76 Å². The summed E-state index contributed by atoms with van der Waals surface area (Å²) < 4.78 is 76.9. The Kier molecular flexibility index (Phi) is 14.3. The van der Waals surface area contributed by atoms with E-state index in [0.717, 1.165) is 78.4 Å². The van der Waals surface area contributed by atoms with Crippen LogP contribution in [0.15, 0.2) is 158 Å². The molecule has 0 amide bonds. The molecular formula is C57H44F6IrN4O2-2. The second-order valence-electron chi connectivity index (χ2n) is 18.5. The summed E-state index contributed by atoms with van der Waals surface area (Å²) in [5.41, 5.74) is 2.98. The molecule has 2 aromatic heterocycles. The summed E-state index contributed by atoms with van der Waals surface area (Å²) in [6.07, 6.45) is -4.20. The van der Waals surface area contributed by atoms with Crippen LogP contribution in [-0.4, -0.2) is 30.8 Å². The van der Waals surface area contributed by atoms with Crippen LogP contribution in [0, 0.1) is 23.0 Å². The Bertz CT molecular complexity index is 3300. The normalized spacial score (nSPS) is 12.4. The maximum absolute atomic E-state index is 12.8. The predicted molar refractivity (Wildman–Crippen MR) is 262 cm³/mol. The van der Waals surface area contributed by atoms with E-state index in [1.807, 2.05) is 126 Å².